The first kappa shape index (κ1) is 28.6. The first-order valence-corrected chi connectivity index (χ1v) is 11.9. The fourth-order valence-electron chi connectivity index (χ4n) is 3.91. The summed E-state index contributed by atoms with van der Waals surface area (Å²) in [5, 5.41) is 5.74. The number of hydrogen-bond acceptors (Lipinski definition) is 3. The molecule has 5 heteroatoms. The average Bonchev–Trinajstić information content (AvgIpc) is 2.85. The number of ketones is 1. The van der Waals surface area contributed by atoms with Crippen molar-refractivity contribution in [1.82, 2.24) is 10.6 Å². The second-order valence-electron chi connectivity index (χ2n) is 9.35. The lowest BCUT2D eigenvalue weighted by atomic mass is 9.98. The molecule has 2 amide bonds. The number of carbonyl (C=O) groups is 3. The maximum absolute atomic E-state index is 10.9. The molecule has 0 spiro atoms. The average molecular weight is 425 g/mol. The van der Waals surface area contributed by atoms with Gasteiger partial charge < -0.3 is 10.6 Å². The maximum Gasteiger partial charge on any atom is 0.220 e. The lowest BCUT2D eigenvalue weighted by Crippen LogP contribution is -2.27. The van der Waals surface area contributed by atoms with E-state index in [4.69, 9.17) is 0 Å². The minimum Gasteiger partial charge on any atom is -0.356 e. The Morgan fingerprint density at radius 3 is 1.77 bits per heavy atom. The van der Waals surface area contributed by atoms with Gasteiger partial charge in [0, 0.05) is 38.8 Å². The van der Waals surface area contributed by atoms with E-state index in [1.54, 1.807) is 0 Å². The Balaban J connectivity index is 0.000000414. The van der Waals surface area contributed by atoms with Crippen molar-refractivity contribution in [2.24, 2.45) is 17.8 Å². The molecular formula is C25H48N2O3. The topological polar surface area (TPSA) is 75.3 Å². The molecule has 2 heterocycles. The predicted octanol–water partition coefficient (Wildman–Crippen LogP) is 5.42. The Bertz CT molecular complexity index is 481. The molecule has 2 aliphatic heterocycles. The van der Waals surface area contributed by atoms with E-state index in [1.807, 2.05) is 0 Å². The third kappa shape index (κ3) is 15.4. The van der Waals surface area contributed by atoms with Crippen LogP contribution < -0.4 is 10.6 Å². The Labute approximate surface area is 185 Å². The molecule has 176 valence electrons. The lowest BCUT2D eigenvalue weighted by molar-refractivity contribution is -0.122. The largest absolute Gasteiger partial charge is 0.356 e. The molecule has 3 aliphatic rings. The van der Waals surface area contributed by atoms with Gasteiger partial charge in [-0.1, -0.05) is 41.0 Å². The molecule has 3 unspecified atom stereocenters. The van der Waals surface area contributed by atoms with Gasteiger partial charge in [0.2, 0.25) is 11.8 Å². The summed E-state index contributed by atoms with van der Waals surface area (Å²) in [5.74, 6) is 3.25. The van der Waals surface area contributed by atoms with E-state index in [-0.39, 0.29) is 19.2 Å². The Morgan fingerprint density at radius 1 is 0.567 bits per heavy atom. The van der Waals surface area contributed by atoms with Gasteiger partial charge in [0.1, 0.15) is 5.78 Å². The summed E-state index contributed by atoms with van der Waals surface area (Å²) in [5.41, 5.74) is 0. The highest BCUT2D eigenvalue weighted by molar-refractivity contribution is 5.78. The predicted molar refractivity (Wildman–Crippen MR) is 125 cm³/mol. The number of amides is 2. The van der Waals surface area contributed by atoms with Crippen LogP contribution in [0.15, 0.2) is 0 Å². The monoisotopic (exact) mass is 424 g/mol. The van der Waals surface area contributed by atoms with Crippen LogP contribution in [-0.2, 0) is 14.4 Å². The summed E-state index contributed by atoms with van der Waals surface area (Å²) in [6, 6.07) is 0. The van der Waals surface area contributed by atoms with Crippen molar-refractivity contribution in [2.45, 2.75) is 112 Å². The Hall–Kier alpha value is -1.39. The number of rotatable bonds is 0. The summed E-state index contributed by atoms with van der Waals surface area (Å²) in [7, 11) is 0. The molecule has 30 heavy (non-hydrogen) atoms. The van der Waals surface area contributed by atoms with Gasteiger partial charge in [0.05, 0.1) is 0 Å². The van der Waals surface area contributed by atoms with E-state index < -0.39 is 0 Å². The van der Waals surface area contributed by atoms with Crippen LogP contribution in [0.5, 0.6) is 0 Å². The van der Waals surface area contributed by atoms with Crippen molar-refractivity contribution in [3.05, 3.63) is 0 Å². The van der Waals surface area contributed by atoms with Crippen LogP contribution in [0, 0.1) is 17.8 Å². The Kier molecular flexibility index (Phi) is 16.5. The molecule has 1 saturated carbocycles. The number of nitrogens with one attached hydrogen (secondary N) is 2. The van der Waals surface area contributed by atoms with Gasteiger partial charge in [-0.05, 0) is 62.7 Å². The summed E-state index contributed by atoms with van der Waals surface area (Å²) in [6.07, 6.45) is 13.5. The second kappa shape index (κ2) is 17.3. The second-order valence-corrected chi connectivity index (χ2v) is 9.35. The van der Waals surface area contributed by atoms with E-state index >= 15 is 0 Å². The van der Waals surface area contributed by atoms with E-state index in [0.29, 0.717) is 5.78 Å². The molecular weight excluding hydrogens is 376 g/mol. The van der Waals surface area contributed by atoms with E-state index in [2.05, 4.69) is 31.4 Å². The molecule has 0 aromatic heterocycles. The molecule has 0 radical (unpaired) electrons. The standard InChI is InChI=1S/2C8H15NO.C8H14O.CH4/c1-7-3-2-6-9-8(10)5-4-7;1-7-3-2-4-8(10)9-6-5-7;1-7-3-2-4-8(9)6-5-7;/h2*7H,2-6H2,1H3,(H,9,10);7H,2-6H2,1H3;1H4. The van der Waals surface area contributed by atoms with Crippen molar-refractivity contribution in [3.8, 4) is 0 Å². The minimum absolute atomic E-state index is 0. The van der Waals surface area contributed by atoms with Crippen LogP contribution in [0.3, 0.4) is 0 Å². The van der Waals surface area contributed by atoms with Crippen molar-refractivity contribution in [2.75, 3.05) is 13.1 Å². The minimum atomic E-state index is 0. The van der Waals surface area contributed by atoms with Crippen LogP contribution in [0.2, 0.25) is 0 Å². The van der Waals surface area contributed by atoms with Crippen molar-refractivity contribution in [3.63, 3.8) is 0 Å². The zero-order valence-electron chi connectivity index (χ0n) is 19.1. The van der Waals surface area contributed by atoms with E-state index in [0.717, 1.165) is 95.1 Å². The highest BCUT2D eigenvalue weighted by atomic mass is 16.2. The van der Waals surface area contributed by atoms with Crippen LogP contribution in [0.25, 0.3) is 0 Å². The van der Waals surface area contributed by atoms with Crippen LogP contribution in [0.4, 0.5) is 0 Å². The van der Waals surface area contributed by atoms with Gasteiger partial charge in [-0.15, -0.1) is 0 Å². The number of carbonyl (C=O) groups excluding carboxylic acids is 3. The fraction of sp³-hybridized carbons (Fsp3) is 0.880. The van der Waals surface area contributed by atoms with E-state index in [9.17, 15) is 14.4 Å². The highest BCUT2D eigenvalue weighted by Gasteiger charge is 2.12. The van der Waals surface area contributed by atoms with Gasteiger partial charge in [0.15, 0.2) is 0 Å². The molecule has 5 nitrogen and oxygen atoms in total. The molecule has 1 aliphatic carbocycles. The van der Waals surface area contributed by atoms with Crippen LogP contribution in [-0.4, -0.2) is 30.7 Å². The first-order valence-electron chi connectivity index (χ1n) is 11.9. The molecule has 0 bridgehead atoms. The Morgan fingerprint density at radius 2 is 1.07 bits per heavy atom. The summed E-state index contributed by atoms with van der Waals surface area (Å²) in [6.45, 7) is 8.46. The van der Waals surface area contributed by atoms with Crippen LogP contribution in [0.1, 0.15) is 112 Å². The van der Waals surface area contributed by atoms with Crippen molar-refractivity contribution < 1.29 is 14.4 Å². The molecule has 3 fully saturated rings. The van der Waals surface area contributed by atoms with Crippen molar-refractivity contribution >= 4 is 17.6 Å². The normalized spacial score (nSPS) is 28.0. The van der Waals surface area contributed by atoms with Gasteiger partial charge >= 0.3 is 0 Å². The SMILES string of the molecule is C.CC1CCCC(=O)CC1.CC1CCCC(=O)NCC1.CC1CCCNC(=O)CC1. The maximum atomic E-state index is 10.9. The zero-order chi connectivity index (χ0) is 21.5. The molecule has 0 aromatic rings. The summed E-state index contributed by atoms with van der Waals surface area (Å²) < 4.78 is 0. The molecule has 0 aromatic carbocycles. The smallest absolute Gasteiger partial charge is 0.220 e. The van der Waals surface area contributed by atoms with Gasteiger partial charge in [-0.25, -0.2) is 0 Å². The number of hydrogen-bond donors (Lipinski definition) is 2. The first-order chi connectivity index (χ1) is 13.9. The highest BCUT2D eigenvalue weighted by Crippen LogP contribution is 2.19. The zero-order valence-corrected chi connectivity index (χ0v) is 19.1. The van der Waals surface area contributed by atoms with Crippen molar-refractivity contribution in [1.29, 1.82) is 0 Å². The van der Waals surface area contributed by atoms with Gasteiger partial charge in [-0.3, -0.25) is 14.4 Å². The summed E-state index contributed by atoms with van der Waals surface area (Å²) in [4.78, 5) is 32.5. The molecule has 3 atom stereocenters. The molecule has 2 N–H and O–H groups in total. The van der Waals surface area contributed by atoms with E-state index in [1.165, 1.54) is 19.3 Å². The quantitative estimate of drug-likeness (QED) is 0.510. The molecule has 3 rings (SSSR count). The van der Waals surface area contributed by atoms with Gasteiger partial charge in [0.25, 0.3) is 0 Å². The van der Waals surface area contributed by atoms with Crippen LogP contribution >= 0.6 is 0 Å². The third-order valence-electron chi connectivity index (χ3n) is 6.19. The van der Waals surface area contributed by atoms with Gasteiger partial charge in [-0.2, -0.15) is 0 Å². The summed E-state index contributed by atoms with van der Waals surface area (Å²) >= 11 is 0. The third-order valence-corrected chi connectivity index (χ3v) is 6.19. The number of Topliss-reactive ketones (excluding diaryl/α,β-unsaturated/α-hetero) is 1. The fourth-order valence-corrected chi connectivity index (χ4v) is 3.91. The molecule has 2 saturated heterocycles. The lowest BCUT2D eigenvalue weighted by Gasteiger charge is -2.15.